The lowest BCUT2D eigenvalue weighted by Crippen LogP contribution is -2.35. The van der Waals surface area contributed by atoms with Crippen LogP contribution in [0.15, 0.2) is 18.2 Å². The molecule has 1 nitrogen and oxygen atoms in total. The SMILES string of the molecule is CC(C)c1cc(O)ccc1[C](C(F)(F)F)C(F)(F)F. The van der Waals surface area contributed by atoms with Crippen molar-refractivity contribution in [2.45, 2.75) is 32.1 Å². The van der Waals surface area contributed by atoms with Crippen LogP contribution in [0.3, 0.4) is 0 Å². The van der Waals surface area contributed by atoms with Crippen LogP contribution in [0.1, 0.15) is 30.9 Å². The summed E-state index contributed by atoms with van der Waals surface area (Å²) in [6.45, 7) is 2.89. The lowest BCUT2D eigenvalue weighted by molar-refractivity contribution is -0.197. The molecule has 0 unspecified atom stereocenters. The minimum absolute atomic E-state index is 0.204. The molecule has 0 atom stereocenters. The summed E-state index contributed by atoms with van der Waals surface area (Å²) >= 11 is 0. The van der Waals surface area contributed by atoms with Crippen LogP contribution in [-0.2, 0) is 0 Å². The van der Waals surface area contributed by atoms with E-state index in [0.29, 0.717) is 6.07 Å². The minimum atomic E-state index is -5.52. The van der Waals surface area contributed by atoms with E-state index >= 15 is 0 Å². The number of hydrogen-bond donors (Lipinski definition) is 1. The van der Waals surface area contributed by atoms with Gasteiger partial charge in [-0.25, -0.2) is 0 Å². The van der Waals surface area contributed by atoms with E-state index in [9.17, 15) is 31.4 Å². The van der Waals surface area contributed by atoms with Crippen LogP contribution in [0.25, 0.3) is 0 Å². The summed E-state index contributed by atoms with van der Waals surface area (Å²) in [4.78, 5) is 0. The number of rotatable bonds is 2. The molecule has 1 aromatic carbocycles. The molecular weight excluding hydrogens is 274 g/mol. The van der Waals surface area contributed by atoms with E-state index in [4.69, 9.17) is 0 Å². The van der Waals surface area contributed by atoms with Crippen molar-refractivity contribution in [3.63, 3.8) is 0 Å². The summed E-state index contributed by atoms with van der Waals surface area (Å²) in [5.41, 5.74) is -1.16. The normalized spacial score (nSPS) is 13.4. The van der Waals surface area contributed by atoms with Gasteiger partial charge in [0, 0.05) is 0 Å². The molecule has 107 valence electrons. The van der Waals surface area contributed by atoms with Crippen LogP contribution in [0, 0.1) is 5.92 Å². The largest absolute Gasteiger partial charge is 0.508 e. The van der Waals surface area contributed by atoms with Gasteiger partial charge in [0.1, 0.15) is 5.75 Å². The first kappa shape index (κ1) is 15.7. The number of halogens is 6. The first-order valence-corrected chi connectivity index (χ1v) is 5.29. The number of hydrogen-bond acceptors (Lipinski definition) is 1. The highest BCUT2D eigenvalue weighted by molar-refractivity contribution is 5.47. The Bertz CT molecular complexity index is 433. The maximum absolute atomic E-state index is 12.6. The molecule has 0 fully saturated rings. The van der Waals surface area contributed by atoms with E-state index in [2.05, 4.69) is 0 Å². The molecule has 1 N–H and O–H groups in total. The van der Waals surface area contributed by atoms with Gasteiger partial charge in [-0.3, -0.25) is 0 Å². The maximum Gasteiger partial charge on any atom is 0.408 e. The van der Waals surface area contributed by atoms with Crippen LogP contribution in [0.5, 0.6) is 5.75 Å². The molecule has 0 heterocycles. The first-order valence-electron chi connectivity index (χ1n) is 5.29. The Morgan fingerprint density at radius 2 is 1.47 bits per heavy atom. The highest BCUT2D eigenvalue weighted by Gasteiger charge is 2.59. The Balaban J connectivity index is 3.48. The zero-order valence-electron chi connectivity index (χ0n) is 10.0. The van der Waals surface area contributed by atoms with Gasteiger partial charge in [0.25, 0.3) is 0 Å². The zero-order chi connectivity index (χ0) is 15.0. The smallest absolute Gasteiger partial charge is 0.408 e. The van der Waals surface area contributed by atoms with Gasteiger partial charge in [-0.2, -0.15) is 26.3 Å². The Hall–Kier alpha value is -1.40. The summed E-state index contributed by atoms with van der Waals surface area (Å²) in [5, 5.41) is 9.20. The lowest BCUT2D eigenvalue weighted by atomic mass is 9.88. The van der Waals surface area contributed by atoms with E-state index in [0.717, 1.165) is 12.1 Å². The third kappa shape index (κ3) is 3.54. The van der Waals surface area contributed by atoms with Crippen molar-refractivity contribution < 1.29 is 31.4 Å². The van der Waals surface area contributed by atoms with Crippen LogP contribution in [0.4, 0.5) is 26.3 Å². The van der Waals surface area contributed by atoms with Crippen LogP contribution >= 0.6 is 0 Å². The Labute approximate surface area is 105 Å². The summed E-state index contributed by atoms with van der Waals surface area (Å²) < 4.78 is 75.8. The molecule has 0 saturated carbocycles. The van der Waals surface area contributed by atoms with Gasteiger partial charge in [0.15, 0.2) is 0 Å². The fraction of sp³-hybridized carbons (Fsp3) is 0.417. The Kier molecular flexibility index (Phi) is 4.07. The van der Waals surface area contributed by atoms with Gasteiger partial charge in [-0.05, 0) is 29.2 Å². The van der Waals surface area contributed by atoms with Gasteiger partial charge in [-0.1, -0.05) is 19.9 Å². The highest BCUT2D eigenvalue weighted by atomic mass is 19.4. The standard InChI is InChI=1S/C12H11F6O/c1-6(2)9-5-7(19)3-4-8(9)10(11(13,14)15)12(16,17)18/h3-6,19H,1-2H3. The first-order chi connectivity index (χ1) is 8.44. The quantitative estimate of drug-likeness (QED) is 0.790. The monoisotopic (exact) mass is 285 g/mol. The van der Waals surface area contributed by atoms with Crippen LogP contribution in [0.2, 0.25) is 0 Å². The van der Waals surface area contributed by atoms with Gasteiger partial charge >= 0.3 is 12.4 Å². The second kappa shape index (κ2) is 4.94. The molecule has 1 aromatic rings. The number of phenols is 1. The van der Waals surface area contributed by atoms with Gasteiger partial charge in [0.2, 0.25) is 5.92 Å². The second-order valence-electron chi connectivity index (χ2n) is 4.30. The van der Waals surface area contributed by atoms with E-state index in [1.807, 2.05) is 0 Å². The third-order valence-electron chi connectivity index (χ3n) is 2.49. The van der Waals surface area contributed by atoms with Crippen molar-refractivity contribution in [3.05, 3.63) is 35.2 Å². The topological polar surface area (TPSA) is 20.2 Å². The average Bonchev–Trinajstić information content (AvgIpc) is 2.16. The fourth-order valence-electron chi connectivity index (χ4n) is 1.72. The molecule has 0 aliphatic heterocycles. The molecule has 0 spiro atoms. The molecule has 19 heavy (non-hydrogen) atoms. The number of alkyl halides is 6. The van der Waals surface area contributed by atoms with Crippen LogP contribution in [-0.4, -0.2) is 17.5 Å². The third-order valence-corrected chi connectivity index (χ3v) is 2.49. The van der Waals surface area contributed by atoms with Crippen molar-refractivity contribution >= 4 is 0 Å². The molecule has 0 amide bonds. The second-order valence-corrected chi connectivity index (χ2v) is 4.30. The molecule has 1 radical (unpaired) electrons. The minimum Gasteiger partial charge on any atom is -0.508 e. The fourth-order valence-corrected chi connectivity index (χ4v) is 1.72. The molecule has 0 bridgehead atoms. The van der Waals surface area contributed by atoms with Crippen molar-refractivity contribution in [2.24, 2.45) is 0 Å². The van der Waals surface area contributed by atoms with E-state index in [-0.39, 0.29) is 11.3 Å². The van der Waals surface area contributed by atoms with E-state index < -0.39 is 29.8 Å². The molecule has 0 aliphatic rings. The lowest BCUT2D eigenvalue weighted by Gasteiger charge is -2.25. The highest BCUT2D eigenvalue weighted by Crippen LogP contribution is 2.47. The van der Waals surface area contributed by atoms with E-state index in [1.54, 1.807) is 0 Å². The van der Waals surface area contributed by atoms with Crippen LogP contribution < -0.4 is 0 Å². The summed E-state index contributed by atoms with van der Waals surface area (Å²) in [7, 11) is 0. The van der Waals surface area contributed by atoms with Crippen molar-refractivity contribution in [1.29, 1.82) is 0 Å². The number of aromatic hydroxyl groups is 1. The number of phenolic OH excluding ortho intramolecular Hbond substituents is 1. The van der Waals surface area contributed by atoms with E-state index in [1.165, 1.54) is 13.8 Å². The van der Waals surface area contributed by atoms with Crippen molar-refractivity contribution in [1.82, 2.24) is 0 Å². The molecule has 1 rings (SSSR count). The predicted molar refractivity (Wildman–Crippen MR) is 56.7 cm³/mol. The van der Waals surface area contributed by atoms with Gasteiger partial charge in [0.05, 0.1) is 0 Å². The molecule has 0 aromatic heterocycles. The summed E-state index contributed by atoms with van der Waals surface area (Å²) in [5.74, 6) is -3.53. The number of benzene rings is 1. The summed E-state index contributed by atoms with van der Waals surface area (Å²) in [6.07, 6.45) is -11.0. The van der Waals surface area contributed by atoms with Gasteiger partial charge < -0.3 is 5.11 Å². The Morgan fingerprint density at radius 1 is 1.00 bits per heavy atom. The average molecular weight is 285 g/mol. The summed E-state index contributed by atoms with van der Waals surface area (Å²) in [6, 6.07) is 2.36. The molecule has 7 heteroatoms. The van der Waals surface area contributed by atoms with Crippen molar-refractivity contribution in [3.8, 4) is 5.75 Å². The molecule has 0 saturated heterocycles. The molecular formula is C12H11F6O. The molecule has 0 aliphatic carbocycles. The zero-order valence-corrected chi connectivity index (χ0v) is 10.0. The van der Waals surface area contributed by atoms with Gasteiger partial charge in [-0.15, -0.1) is 0 Å². The predicted octanol–water partition coefficient (Wildman–Crippen LogP) is 4.56. The maximum atomic E-state index is 12.6. The Morgan fingerprint density at radius 3 is 1.84 bits per heavy atom. The van der Waals surface area contributed by atoms with Crippen molar-refractivity contribution in [2.75, 3.05) is 0 Å².